The first-order valence-corrected chi connectivity index (χ1v) is 13.4. The lowest BCUT2D eigenvalue weighted by Gasteiger charge is -2.36. The molecule has 2 aliphatic rings. The average Bonchev–Trinajstić information content (AvgIpc) is 2.84. The van der Waals surface area contributed by atoms with Gasteiger partial charge in [0.2, 0.25) is 10.0 Å². The number of anilines is 1. The second-order valence-electron chi connectivity index (χ2n) is 8.53. The maximum absolute atomic E-state index is 13.0. The third kappa shape index (κ3) is 5.87. The fourth-order valence-corrected chi connectivity index (χ4v) is 5.65. The third-order valence-electron chi connectivity index (χ3n) is 6.44. The minimum atomic E-state index is -3.11. The van der Waals surface area contributed by atoms with Gasteiger partial charge in [0, 0.05) is 75.2 Å². The SMILES string of the molecule is CCS(=O)(=O)N1CCN(Cc2ccc(C(=O)N3CCN(c4cccc(Cl)c4)CC3)cc2)CC1. The zero-order valence-electron chi connectivity index (χ0n) is 19.0. The highest BCUT2D eigenvalue weighted by Gasteiger charge is 2.26. The number of carbonyl (C=O) groups excluding carboxylic acids is 1. The number of sulfonamides is 1. The summed E-state index contributed by atoms with van der Waals surface area (Å²) in [7, 11) is -3.11. The summed E-state index contributed by atoms with van der Waals surface area (Å²) in [5.41, 5.74) is 2.92. The van der Waals surface area contributed by atoms with E-state index in [-0.39, 0.29) is 11.7 Å². The fraction of sp³-hybridized carbons (Fsp3) is 0.458. The largest absolute Gasteiger partial charge is 0.368 e. The molecule has 0 radical (unpaired) electrons. The van der Waals surface area contributed by atoms with E-state index < -0.39 is 10.0 Å². The van der Waals surface area contributed by atoms with Crippen molar-refractivity contribution >= 4 is 33.2 Å². The molecule has 33 heavy (non-hydrogen) atoms. The minimum Gasteiger partial charge on any atom is -0.368 e. The Morgan fingerprint density at radius 1 is 0.909 bits per heavy atom. The maximum Gasteiger partial charge on any atom is 0.253 e. The molecule has 7 nitrogen and oxygen atoms in total. The van der Waals surface area contributed by atoms with Crippen LogP contribution in [0.2, 0.25) is 5.02 Å². The predicted molar refractivity (Wildman–Crippen MR) is 132 cm³/mol. The molecular formula is C24H31ClN4O3S. The number of rotatable bonds is 6. The van der Waals surface area contributed by atoms with E-state index in [0.29, 0.717) is 31.7 Å². The van der Waals surface area contributed by atoms with Crippen LogP contribution in [0.3, 0.4) is 0 Å². The molecule has 0 N–H and O–H groups in total. The number of piperazine rings is 2. The van der Waals surface area contributed by atoms with E-state index in [4.69, 9.17) is 11.6 Å². The molecular weight excluding hydrogens is 460 g/mol. The Morgan fingerprint density at radius 3 is 2.18 bits per heavy atom. The lowest BCUT2D eigenvalue weighted by Crippen LogP contribution is -2.49. The van der Waals surface area contributed by atoms with Crippen molar-refractivity contribution in [3.05, 3.63) is 64.7 Å². The summed E-state index contributed by atoms with van der Waals surface area (Å²) in [4.78, 5) is 19.4. The fourth-order valence-electron chi connectivity index (χ4n) is 4.38. The number of carbonyl (C=O) groups is 1. The molecule has 2 saturated heterocycles. The summed E-state index contributed by atoms with van der Waals surface area (Å²) < 4.78 is 25.6. The van der Waals surface area contributed by atoms with Gasteiger partial charge in [-0.2, -0.15) is 4.31 Å². The Hall–Kier alpha value is -2.13. The van der Waals surface area contributed by atoms with Crippen molar-refractivity contribution in [1.82, 2.24) is 14.1 Å². The average molecular weight is 491 g/mol. The van der Waals surface area contributed by atoms with Crippen LogP contribution >= 0.6 is 11.6 Å². The Kier molecular flexibility index (Phi) is 7.58. The summed E-state index contributed by atoms with van der Waals surface area (Å²) in [6.45, 7) is 7.87. The summed E-state index contributed by atoms with van der Waals surface area (Å²) in [6, 6.07) is 15.6. The van der Waals surface area contributed by atoms with Gasteiger partial charge in [-0.05, 0) is 42.8 Å². The standard InChI is InChI=1S/C24H31ClN4O3S/c1-2-33(31,32)29-16-10-26(11-17-29)19-20-6-8-21(9-7-20)24(30)28-14-12-27(13-15-28)23-5-3-4-22(25)18-23/h3-9,18H,2,10-17,19H2,1H3. The molecule has 0 spiro atoms. The van der Waals surface area contributed by atoms with E-state index >= 15 is 0 Å². The van der Waals surface area contributed by atoms with Gasteiger partial charge in [0.05, 0.1) is 5.75 Å². The van der Waals surface area contributed by atoms with Gasteiger partial charge in [-0.1, -0.05) is 29.8 Å². The van der Waals surface area contributed by atoms with E-state index in [1.54, 1.807) is 11.2 Å². The molecule has 0 aromatic heterocycles. The highest BCUT2D eigenvalue weighted by Crippen LogP contribution is 2.21. The zero-order chi connectivity index (χ0) is 23.4. The van der Waals surface area contributed by atoms with Gasteiger partial charge in [0.1, 0.15) is 0 Å². The normalized spacial score (nSPS) is 18.5. The molecule has 0 unspecified atom stereocenters. The molecule has 178 valence electrons. The van der Waals surface area contributed by atoms with Crippen molar-refractivity contribution in [3.63, 3.8) is 0 Å². The Morgan fingerprint density at radius 2 is 1.58 bits per heavy atom. The lowest BCUT2D eigenvalue weighted by molar-refractivity contribution is 0.0746. The van der Waals surface area contributed by atoms with Crippen molar-refractivity contribution < 1.29 is 13.2 Å². The molecule has 2 aromatic carbocycles. The first kappa shape index (κ1) is 24.0. The van der Waals surface area contributed by atoms with Gasteiger partial charge in [-0.3, -0.25) is 9.69 Å². The van der Waals surface area contributed by atoms with Gasteiger partial charge in [-0.25, -0.2) is 8.42 Å². The van der Waals surface area contributed by atoms with Crippen LogP contribution in [-0.2, 0) is 16.6 Å². The van der Waals surface area contributed by atoms with E-state index in [1.807, 2.05) is 53.4 Å². The van der Waals surface area contributed by atoms with Crippen molar-refractivity contribution in [2.24, 2.45) is 0 Å². The first-order chi connectivity index (χ1) is 15.9. The predicted octanol–water partition coefficient (Wildman–Crippen LogP) is 2.77. The summed E-state index contributed by atoms with van der Waals surface area (Å²) in [5, 5.41) is 0.721. The molecule has 2 aromatic rings. The second-order valence-corrected chi connectivity index (χ2v) is 11.2. The minimum absolute atomic E-state index is 0.0608. The first-order valence-electron chi connectivity index (χ1n) is 11.4. The van der Waals surface area contributed by atoms with Gasteiger partial charge in [0.15, 0.2) is 0 Å². The van der Waals surface area contributed by atoms with Crippen LogP contribution in [0.25, 0.3) is 0 Å². The zero-order valence-corrected chi connectivity index (χ0v) is 20.6. The quantitative estimate of drug-likeness (QED) is 0.623. The van der Waals surface area contributed by atoms with Crippen molar-refractivity contribution in [1.29, 1.82) is 0 Å². The molecule has 2 aliphatic heterocycles. The van der Waals surface area contributed by atoms with Crippen LogP contribution in [-0.4, -0.2) is 86.5 Å². The molecule has 2 heterocycles. The summed E-state index contributed by atoms with van der Waals surface area (Å²) in [6.07, 6.45) is 0. The lowest BCUT2D eigenvalue weighted by atomic mass is 10.1. The Balaban J connectivity index is 1.28. The van der Waals surface area contributed by atoms with Crippen LogP contribution in [0.4, 0.5) is 5.69 Å². The smallest absolute Gasteiger partial charge is 0.253 e. The van der Waals surface area contributed by atoms with Crippen LogP contribution in [0.5, 0.6) is 0 Å². The monoisotopic (exact) mass is 490 g/mol. The second kappa shape index (κ2) is 10.4. The molecule has 0 atom stereocenters. The molecule has 1 amide bonds. The molecule has 0 saturated carbocycles. The van der Waals surface area contributed by atoms with E-state index in [0.717, 1.165) is 49.0 Å². The van der Waals surface area contributed by atoms with Crippen LogP contribution < -0.4 is 4.90 Å². The number of hydrogen-bond acceptors (Lipinski definition) is 5. The molecule has 9 heteroatoms. The van der Waals surface area contributed by atoms with Crippen molar-refractivity contribution in [3.8, 4) is 0 Å². The van der Waals surface area contributed by atoms with Crippen LogP contribution in [0.15, 0.2) is 48.5 Å². The van der Waals surface area contributed by atoms with Crippen LogP contribution in [0, 0.1) is 0 Å². The topological polar surface area (TPSA) is 64.2 Å². The van der Waals surface area contributed by atoms with Gasteiger partial charge >= 0.3 is 0 Å². The van der Waals surface area contributed by atoms with E-state index in [9.17, 15) is 13.2 Å². The van der Waals surface area contributed by atoms with Gasteiger partial charge in [-0.15, -0.1) is 0 Å². The number of hydrogen-bond donors (Lipinski definition) is 0. The number of amides is 1. The van der Waals surface area contributed by atoms with E-state index in [1.165, 1.54) is 0 Å². The number of nitrogens with zero attached hydrogens (tertiary/aromatic N) is 4. The van der Waals surface area contributed by atoms with E-state index in [2.05, 4.69) is 9.80 Å². The van der Waals surface area contributed by atoms with Crippen molar-refractivity contribution in [2.75, 3.05) is 63.0 Å². The molecule has 4 rings (SSSR count). The molecule has 0 aliphatic carbocycles. The van der Waals surface area contributed by atoms with Crippen molar-refractivity contribution in [2.45, 2.75) is 13.5 Å². The number of halogens is 1. The number of benzene rings is 2. The maximum atomic E-state index is 13.0. The molecule has 0 bridgehead atoms. The highest BCUT2D eigenvalue weighted by molar-refractivity contribution is 7.89. The van der Waals surface area contributed by atoms with Gasteiger partial charge < -0.3 is 9.80 Å². The summed E-state index contributed by atoms with van der Waals surface area (Å²) in [5.74, 6) is 0.212. The summed E-state index contributed by atoms with van der Waals surface area (Å²) >= 11 is 6.11. The molecule has 2 fully saturated rings. The highest BCUT2D eigenvalue weighted by atomic mass is 35.5. The third-order valence-corrected chi connectivity index (χ3v) is 8.55. The Bertz CT molecular complexity index is 1060. The van der Waals surface area contributed by atoms with Gasteiger partial charge in [0.25, 0.3) is 5.91 Å². The van der Waals surface area contributed by atoms with Crippen LogP contribution in [0.1, 0.15) is 22.8 Å². The Labute approximate surface area is 201 Å².